The van der Waals surface area contributed by atoms with Gasteiger partial charge in [-0.05, 0) is 17.2 Å². The lowest BCUT2D eigenvalue weighted by Gasteiger charge is -2.42. The number of carboxylic acid groups (broad SMARTS) is 1. The Morgan fingerprint density at radius 2 is 1.69 bits per heavy atom. The van der Waals surface area contributed by atoms with E-state index in [-0.39, 0.29) is 5.91 Å². The summed E-state index contributed by atoms with van der Waals surface area (Å²) in [5.74, 6) is -1.91. The molecule has 190 valence electrons. The van der Waals surface area contributed by atoms with Gasteiger partial charge in [-0.15, -0.1) is 0 Å². The first-order valence-corrected chi connectivity index (χ1v) is 11.7. The molecule has 1 N–H and O–H groups in total. The Hall–Kier alpha value is -3.37. The number of fused-ring (bicyclic) bond motifs is 2. The molecular weight excluding hydrogens is 497 g/mol. The van der Waals surface area contributed by atoms with Gasteiger partial charge in [-0.25, -0.2) is 4.79 Å². The third kappa shape index (κ3) is 5.71. The number of aliphatic carboxylic acids is 1. The van der Waals surface area contributed by atoms with Crippen molar-refractivity contribution in [2.45, 2.75) is 25.7 Å². The minimum atomic E-state index is -5.08. The third-order valence-electron chi connectivity index (χ3n) is 6.06. The Balaban J connectivity index is 0.000000384. The lowest BCUT2D eigenvalue weighted by atomic mass is 10.00. The number of carboxylic acids is 1. The molecule has 36 heavy (non-hydrogen) atoms. The third-order valence-corrected chi connectivity index (χ3v) is 6.43. The average molecular weight is 521 g/mol. The van der Waals surface area contributed by atoms with E-state index in [4.69, 9.17) is 21.5 Å². The summed E-state index contributed by atoms with van der Waals surface area (Å²) >= 11 is 6.37. The minimum Gasteiger partial charge on any atom is -0.475 e. The number of guanidine groups is 1. The fourth-order valence-corrected chi connectivity index (χ4v) is 4.59. The molecule has 0 saturated carbocycles. The molecule has 0 unspecified atom stereocenters. The van der Waals surface area contributed by atoms with E-state index in [1.807, 2.05) is 30.3 Å². The number of amides is 1. The molecule has 2 aromatic rings. The molecule has 11 heteroatoms. The van der Waals surface area contributed by atoms with E-state index >= 15 is 0 Å². The van der Waals surface area contributed by atoms with Crippen molar-refractivity contribution in [3.8, 4) is 0 Å². The highest BCUT2D eigenvalue weighted by atomic mass is 35.5. The van der Waals surface area contributed by atoms with Crippen molar-refractivity contribution in [2.75, 3.05) is 26.2 Å². The Morgan fingerprint density at radius 3 is 2.36 bits per heavy atom. The summed E-state index contributed by atoms with van der Waals surface area (Å²) < 4.78 is 31.7. The molecule has 5 rings (SSSR count). The maximum absolute atomic E-state index is 13.5. The number of halogens is 4. The normalized spacial score (nSPS) is 17.8. The summed E-state index contributed by atoms with van der Waals surface area (Å²) in [5.41, 5.74) is 4.28. The van der Waals surface area contributed by atoms with Gasteiger partial charge in [0, 0.05) is 43.3 Å². The molecule has 0 fully saturated rings. The van der Waals surface area contributed by atoms with Gasteiger partial charge in [-0.3, -0.25) is 19.6 Å². The topological polar surface area (TPSA) is 76.5 Å². The zero-order chi connectivity index (χ0) is 25.9. The van der Waals surface area contributed by atoms with Crippen molar-refractivity contribution in [3.05, 3.63) is 82.0 Å². The standard InChI is InChI=1S/C23H23ClN4O.C2HF3O2/c24-20-9-5-4-8-18(20)15-28-22(29)19-16-26(14-17-6-2-1-3-7-17)12-10-21(19)27-13-11-25-23(27)28;3-2(4,5)1(6)7/h1-9H,10-16H2;(H,6,7). The summed E-state index contributed by atoms with van der Waals surface area (Å²) in [6.45, 7) is 4.51. The van der Waals surface area contributed by atoms with Crippen LogP contribution in [0.4, 0.5) is 13.2 Å². The van der Waals surface area contributed by atoms with Gasteiger partial charge in [0.05, 0.1) is 18.7 Å². The van der Waals surface area contributed by atoms with Crippen LogP contribution in [0.15, 0.2) is 70.9 Å². The first kappa shape index (κ1) is 25.7. The maximum Gasteiger partial charge on any atom is 0.490 e. The van der Waals surface area contributed by atoms with E-state index in [1.54, 1.807) is 4.90 Å². The maximum atomic E-state index is 13.5. The van der Waals surface area contributed by atoms with Gasteiger partial charge in [0.15, 0.2) is 0 Å². The zero-order valence-corrected chi connectivity index (χ0v) is 20.0. The van der Waals surface area contributed by atoms with Gasteiger partial charge in [-0.2, -0.15) is 13.2 Å². The second kappa shape index (κ2) is 10.7. The molecule has 1 amide bonds. The largest absolute Gasteiger partial charge is 0.490 e. The van der Waals surface area contributed by atoms with Crippen molar-refractivity contribution in [1.29, 1.82) is 0 Å². The van der Waals surface area contributed by atoms with Crippen molar-refractivity contribution in [3.63, 3.8) is 0 Å². The molecule has 7 nitrogen and oxygen atoms in total. The van der Waals surface area contributed by atoms with Crippen LogP contribution in [0.5, 0.6) is 0 Å². The van der Waals surface area contributed by atoms with Crippen molar-refractivity contribution >= 4 is 29.4 Å². The molecular formula is C25H24ClF3N4O3. The van der Waals surface area contributed by atoms with E-state index < -0.39 is 12.1 Å². The molecule has 2 aromatic carbocycles. The quantitative estimate of drug-likeness (QED) is 0.655. The lowest BCUT2D eigenvalue weighted by molar-refractivity contribution is -0.192. The fourth-order valence-electron chi connectivity index (χ4n) is 4.39. The second-order valence-electron chi connectivity index (χ2n) is 8.49. The molecule has 0 bridgehead atoms. The van der Waals surface area contributed by atoms with Crippen LogP contribution >= 0.6 is 11.6 Å². The van der Waals surface area contributed by atoms with Gasteiger partial charge in [0.2, 0.25) is 5.96 Å². The molecule has 0 aliphatic carbocycles. The summed E-state index contributed by atoms with van der Waals surface area (Å²) in [4.78, 5) is 33.5. The van der Waals surface area contributed by atoms with Crippen LogP contribution in [0.1, 0.15) is 17.5 Å². The highest BCUT2D eigenvalue weighted by molar-refractivity contribution is 6.31. The number of hydrogen-bond donors (Lipinski definition) is 1. The zero-order valence-electron chi connectivity index (χ0n) is 19.2. The molecule has 3 aliphatic heterocycles. The molecule has 0 aromatic heterocycles. The summed E-state index contributed by atoms with van der Waals surface area (Å²) in [5, 5.41) is 7.81. The summed E-state index contributed by atoms with van der Waals surface area (Å²) in [6, 6.07) is 18.1. The minimum absolute atomic E-state index is 0.0644. The van der Waals surface area contributed by atoms with Crippen LogP contribution in [0, 0.1) is 0 Å². The molecule has 3 heterocycles. The first-order chi connectivity index (χ1) is 17.1. The predicted octanol–water partition coefficient (Wildman–Crippen LogP) is 4.15. The highest BCUT2D eigenvalue weighted by Gasteiger charge is 2.41. The van der Waals surface area contributed by atoms with Crippen molar-refractivity contribution < 1.29 is 27.9 Å². The molecule has 0 spiro atoms. The number of carbonyl (C=O) groups excluding carboxylic acids is 1. The van der Waals surface area contributed by atoms with Gasteiger partial charge in [-0.1, -0.05) is 60.1 Å². The molecule has 0 radical (unpaired) electrons. The van der Waals surface area contributed by atoms with E-state index in [1.165, 1.54) is 5.56 Å². The average Bonchev–Trinajstić information content (AvgIpc) is 3.33. The SMILES string of the molecule is O=C(O)C(F)(F)F.O=C1C2=C(CCN(Cc3ccccc3)C2)N2CCN=C2N1Cc1ccccc1Cl. The Morgan fingerprint density at radius 1 is 1.03 bits per heavy atom. The van der Waals surface area contributed by atoms with Gasteiger partial charge in [0.1, 0.15) is 0 Å². The number of nitrogens with zero attached hydrogens (tertiary/aromatic N) is 4. The van der Waals surface area contributed by atoms with E-state index in [2.05, 4.69) is 39.1 Å². The monoisotopic (exact) mass is 520 g/mol. The summed E-state index contributed by atoms with van der Waals surface area (Å²) in [7, 11) is 0. The number of aliphatic imine (C=N–C) groups is 1. The van der Waals surface area contributed by atoms with Crippen LogP contribution < -0.4 is 0 Å². The van der Waals surface area contributed by atoms with E-state index in [0.29, 0.717) is 18.1 Å². The number of rotatable bonds is 4. The fraction of sp³-hybridized carbons (Fsp3) is 0.320. The smallest absolute Gasteiger partial charge is 0.475 e. The Labute approximate surface area is 211 Å². The highest BCUT2D eigenvalue weighted by Crippen LogP contribution is 2.32. The van der Waals surface area contributed by atoms with E-state index in [9.17, 15) is 18.0 Å². The van der Waals surface area contributed by atoms with Crippen molar-refractivity contribution in [1.82, 2.24) is 14.7 Å². The number of carbonyl (C=O) groups is 2. The van der Waals surface area contributed by atoms with Gasteiger partial charge < -0.3 is 10.0 Å². The Kier molecular flexibility index (Phi) is 7.65. The molecule has 0 saturated heterocycles. The van der Waals surface area contributed by atoms with Crippen LogP contribution in [-0.4, -0.2) is 70.0 Å². The summed E-state index contributed by atoms with van der Waals surface area (Å²) in [6.07, 6.45) is -4.20. The molecule has 3 aliphatic rings. The first-order valence-electron chi connectivity index (χ1n) is 11.3. The molecule has 0 atom stereocenters. The van der Waals surface area contributed by atoms with Crippen LogP contribution in [0.3, 0.4) is 0 Å². The van der Waals surface area contributed by atoms with Crippen LogP contribution in [0.2, 0.25) is 5.02 Å². The number of hydrogen-bond acceptors (Lipinski definition) is 5. The van der Waals surface area contributed by atoms with E-state index in [0.717, 1.165) is 55.4 Å². The Bertz CT molecular complexity index is 1200. The van der Waals surface area contributed by atoms with Gasteiger partial charge >= 0.3 is 12.1 Å². The van der Waals surface area contributed by atoms with Crippen LogP contribution in [-0.2, 0) is 22.7 Å². The second-order valence-corrected chi connectivity index (χ2v) is 8.90. The van der Waals surface area contributed by atoms with Crippen molar-refractivity contribution in [2.24, 2.45) is 4.99 Å². The number of alkyl halides is 3. The predicted molar refractivity (Wildman–Crippen MR) is 128 cm³/mol. The van der Waals surface area contributed by atoms with Gasteiger partial charge in [0.25, 0.3) is 5.91 Å². The lowest BCUT2D eigenvalue weighted by Crippen LogP contribution is -2.53. The number of benzene rings is 2. The van der Waals surface area contributed by atoms with Crippen LogP contribution in [0.25, 0.3) is 0 Å².